The number of hydrogen-bond donors (Lipinski definition) is 2. The van der Waals surface area contributed by atoms with Gasteiger partial charge in [-0.2, -0.15) is 0 Å². The smallest absolute Gasteiger partial charge is 0.205 e. The summed E-state index contributed by atoms with van der Waals surface area (Å²) in [7, 11) is 0. The topological polar surface area (TPSA) is 82.9 Å². The van der Waals surface area contributed by atoms with E-state index in [1.165, 1.54) is 0 Å². The van der Waals surface area contributed by atoms with E-state index in [-0.39, 0.29) is 5.84 Å². The highest BCUT2D eigenvalue weighted by atomic mass is 16.4. The van der Waals surface area contributed by atoms with Gasteiger partial charge in [0.05, 0.1) is 6.54 Å². The first-order chi connectivity index (χ1) is 8.74. The van der Waals surface area contributed by atoms with Crippen molar-refractivity contribution in [1.29, 1.82) is 0 Å². The minimum atomic E-state index is 0.263. The van der Waals surface area contributed by atoms with E-state index < -0.39 is 0 Å². The predicted molar refractivity (Wildman–Crippen MR) is 70.0 cm³/mol. The molecule has 1 fully saturated rings. The van der Waals surface area contributed by atoms with Crippen LogP contribution in [0.5, 0.6) is 0 Å². The summed E-state index contributed by atoms with van der Waals surface area (Å²) in [6.07, 6.45) is 3.83. The van der Waals surface area contributed by atoms with E-state index in [1.54, 1.807) is 0 Å². The van der Waals surface area contributed by atoms with Crippen molar-refractivity contribution in [2.45, 2.75) is 13.5 Å². The number of nitrogens with zero attached hydrogens (tertiary/aromatic N) is 5. The maximum Gasteiger partial charge on any atom is 0.205 e. The van der Waals surface area contributed by atoms with Crippen LogP contribution in [0.3, 0.4) is 0 Å². The maximum atomic E-state index is 8.55. The summed E-state index contributed by atoms with van der Waals surface area (Å²) in [6.45, 7) is 7.18. The highest BCUT2D eigenvalue weighted by Gasteiger charge is 2.20. The molecular formula is C11H20N6O. The van der Waals surface area contributed by atoms with Crippen molar-refractivity contribution < 1.29 is 5.21 Å². The van der Waals surface area contributed by atoms with Gasteiger partial charge >= 0.3 is 0 Å². The zero-order chi connectivity index (χ0) is 13.0. The molecule has 7 nitrogen and oxygen atoms in total. The van der Waals surface area contributed by atoms with Crippen molar-refractivity contribution in [3.8, 4) is 0 Å². The highest BCUT2D eigenvalue weighted by molar-refractivity contribution is 5.81. The van der Waals surface area contributed by atoms with Gasteiger partial charge in [0.2, 0.25) is 5.95 Å². The Balaban J connectivity index is 1.90. The van der Waals surface area contributed by atoms with Gasteiger partial charge in [-0.05, 0) is 6.92 Å². The number of rotatable bonds is 4. The number of imidazole rings is 1. The monoisotopic (exact) mass is 252 g/mol. The van der Waals surface area contributed by atoms with Gasteiger partial charge in [0.25, 0.3) is 0 Å². The first kappa shape index (κ1) is 12.7. The second-order valence-electron chi connectivity index (χ2n) is 4.37. The Kier molecular flexibility index (Phi) is 4.03. The van der Waals surface area contributed by atoms with Crippen LogP contribution in [0.4, 0.5) is 5.95 Å². The molecule has 100 valence electrons. The van der Waals surface area contributed by atoms with Crippen molar-refractivity contribution in [2.24, 2.45) is 10.9 Å². The fourth-order valence-corrected chi connectivity index (χ4v) is 2.20. The number of piperazine rings is 1. The molecule has 0 spiro atoms. The van der Waals surface area contributed by atoms with Crippen molar-refractivity contribution in [1.82, 2.24) is 14.5 Å². The van der Waals surface area contributed by atoms with Gasteiger partial charge < -0.3 is 20.4 Å². The zero-order valence-electron chi connectivity index (χ0n) is 10.7. The molecule has 0 bridgehead atoms. The fraction of sp³-hybridized carbons (Fsp3) is 0.636. The van der Waals surface area contributed by atoms with E-state index in [2.05, 4.69) is 31.4 Å². The summed E-state index contributed by atoms with van der Waals surface area (Å²) in [5, 5.41) is 11.6. The average molecular weight is 252 g/mol. The summed E-state index contributed by atoms with van der Waals surface area (Å²) in [4.78, 5) is 8.84. The summed E-state index contributed by atoms with van der Waals surface area (Å²) >= 11 is 0. The number of anilines is 1. The van der Waals surface area contributed by atoms with Crippen LogP contribution in [0, 0.1) is 0 Å². The molecule has 0 unspecified atom stereocenters. The first-order valence-electron chi connectivity index (χ1n) is 6.19. The van der Waals surface area contributed by atoms with E-state index in [9.17, 15) is 0 Å². The van der Waals surface area contributed by atoms with Gasteiger partial charge in [-0.1, -0.05) is 5.16 Å². The van der Waals surface area contributed by atoms with Crippen LogP contribution < -0.4 is 10.6 Å². The molecule has 1 saturated heterocycles. The van der Waals surface area contributed by atoms with Crippen LogP contribution >= 0.6 is 0 Å². The first-order valence-corrected chi connectivity index (χ1v) is 6.19. The Morgan fingerprint density at radius 1 is 1.44 bits per heavy atom. The number of oxime groups is 1. The molecule has 7 heteroatoms. The molecule has 0 saturated carbocycles. The largest absolute Gasteiger partial charge is 0.409 e. The lowest BCUT2D eigenvalue weighted by Gasteiger charge is -2.35. The van der Waals surface area contributed by atoms with Crippen LogP contribution in [0.25, 0.3) is 0 Å². The van der Waals surface area contributed by atoms with E-state index >= 15 is 0 Å². The normalized spacial score (nSPS) is 18.3. The average Bonchev–Trinajstić information content (AvgIpc) is 2.87. The zero-order valence-corrected chi connectivity index (χ0v) is 10.7. The van der Waals surface area contributed by atoms with Gasteiger partial charge in [-0.3, -0.25) is 4.90 Å². The van der Waals surface area contributed by atoms with Crippen molar-refractivity contribution >= 4 is 11.8 Å². The van der Waals surface area contributed by atoms with Gasteiger partial charge in [-0.15, -0.1) is 0 Å². The lowest BCUT2D eigenvalue weighted by atomic mass is 10.3. The standard InChI is InChI=1S/C11H20N6O/c1-2-16-4-3-13-11(16)17-7-5-15(6-8-17)9-10(12)14-18/h3-4,18H,2,5-9H2,1H3,(H2,12,14). The summed E-state index contributed by atoms with van der Waals surface area (Å²) < 4.78 is 2.14. The fourth-order valence-electron chi connectivity index (χ4n) is 2.20. The number of aromatic nitrogens is 2. The van der Waals surface area contributed by atoms with Crippen LogP contribution in [0.1, 0.15) is 6.92 Å². The Labute approximate surface area is 106 Å². The highest BCUT2D eigenvalue weighted by Crippen LogP contribution is 2.13. The quantitative estimate of drug-likeness (QED) is 0.335. The number of hydrogen-bond acceptors (Lipinski definition) is 5. The lowest BCUT2D eigenvalue weighted by molar-refractivity contribution is 0.277. The third-order valence-corrected chi connectivity index (χ3v) is 3.20. The summed E-state index contributed by atoms with van der Waals surface area (Å²) in [5.41, 5.74) is 5.51. The Morgan fingerprint density at radius 3 is 2.78 bits per heavy atom. The van der Waals surface area contributed by atoms with Gasteiger partial charge in [0, 0.05) is 45.1 Å². The molecule has 1 aliphatic rings. The van der Waals surface area contributed by atoms with E-state index in [1.807, 2.05) is 12.4 Å². The van der Waals surface area contributed by atoms with E-state index in [4.69, 9.17) is 10.9 Å². The molecule has 1 aliphatic heterocycles. The van der Waals surface area contributed by atoms with Gasteiger partial charge in [0.15, 0.2) is 5.84 Å². The van der Waals surface area contributed by atoms with E-state index in [0.29, 0.717) is 6.54 Å². The Hall–Kier alpha value is -1.76. The molecule has 1 aromatic heterocycles. The second-order valence-corrected chi connectivity index (χ2v) is 4.37. The molecule has 0 radical (unpaired) electrons. The van der Waals surface area contributed by atoms with Crippen LogP contribution in [0.2, 0.25) is 0 Å². The molecule has 2 rings (SSSR count). The molecule has 0 aliphatic carbocycles. The maximum absolute atomic E-state index is 8.55. The van der Waals surface area contributed by atoms with Crippen LogP contribution in [-0.4, -0.2) is 58.2 Å². The minimum absolute atomic E-state index is 0.263. The lowest BCUT2D eigenvalue weighted by Crippen LogP contribution is -2.49. The van der Waals surface area contributed by atoms with Crippen molar-refractivity contribution in [3.63, 3.8) is 0 Å². The number of nitrogens with two attached hydrogens (primary N) is 1. The molecule has 0 amide bonds. The summed E-state index contributed by atoms with van der Waals surface area (Å²) in [5.74, 6) is 1.29. The molecule has 18 heavy (non-hydrogen) atoms. The molecule has 3 N–H and O–H groups in total. The predicted octanol–water partition coefficient (Wildman–Crippen LogP) is -0.229. The molecule has 0 atom stereocenters. The second kappa shape index (κ2) is 5.72. The van der Waals surface area contributed by atoms with Crippen molar-refractivity contribution in [2.75, 3.05) is 37.6 Å². The minimum Gasteiger partial charge on any atom is -0.409 e. The van der Waals surface area contributed by atoms with Gasteiger partial charge in [-0.25, -0.2) is 4.98 Å². The van der Waals surface area contributed by atoms with Crippen molar-refractivity contribution in [3.05, 3.63) is 12.4 Å². The third-order valence-electron chi connectivity index (χ3n) is 3.20. The Morgan fingerprint density at radius 2 is 2.17 bits per heavy atom. The van der Waals surface area contributed by atoms with Crippen LogP contribution in [0.15, 0.2) is 17.5 Å². The molecule has 2 heterocycles. The number of aryl methyl sites for hydroxylation is 1. The number of amidine groups is 1. The molecular weight excluding hydrogens is 232 g/mol. The van der Waals surface area contributed by atoms with Gasteiger partial charge in [0.1, 0.15) is 0 Å². The molecule has 0 aromatic carbocycles. The summed E-state index contributed by atoms with van der Waals surface area (Å²) in [6, 6.07) is 0. The third kappa shape index (κ3) is 2.73. The SMILES string of the molecule is CCn1ccnc1N1CCN(CC(N)=NO)CC1. The van der Waals surface area contributed by atoms with E-state index in [0.717, 1.165) is 38.7 Å². The van der Waals surface area contributed by atoms with Crippen LogP contribution in [-0.2, 0) is 6.54 Å². The molecule has 1 aromatic rings. The Bertz CT molecular complexity index is 407.